The largest absolute Gasteiger partial charge is 0.361 e. The summed E-state index contributed by atoms with van der Waals surface area (Å²) >= 11 is 0. The normalized spacial score (nSPS) is 18.7. The van der Waals surface area contributed by atoms with Crippen molar-refractivity contribution in [3.05, 3.63) is 54.2 Å². The number of aromatic amines is 1. The van der Waals surface area contributed by atoms with E-state index in [4.69, 9.17) is 0 Å². The Morgan fingerprint density at radius 3 is 2.56 bits per heavy atom. The topological polar surface area (TPSA) is 65.1 Å². The van der Waals surface area contributed by atoms with Crippen LogP contribution in [0, 0.1) is 5.82 Å². The zero-order valence-corrected chi connectivity index (χ0v) is 14.9. The van der Waals surface area contributed by atoms with Crippen molar-refractivity contribution < 1.29 is 9.18 Å². The van der Waals surface area contributed by atoms with Crippen LogP contribution in [0.1, 0.15) is 18.4 Å². The summed E-state index contributed by atoms with van der Waals surface area (Å²) in [5.74, 6) is 0.622. The zero-order chi connectivity index (χ0) is 18.4. The van der Waals surface area contributed by atoms with Gasteiger partial charge in [-0.05, 0) is 42.7 Å². The van der Waals surface area contributed by atoms with Gasteiger partial charge in [-0.15, -0.1) is 0 Å². The van der Waals surface area contributed by atoms with Crippen LogP contribution in [-0.2, 0) is 10.2 Å². The van der Waals surface area contributed by atoms with Crippen LogP contribution < -0.4 is 4.90 Å². The van der Waals surface area contributed by atoms with Crippen molar-refractivity contribution in [3.63, 3.8) is 0 Å². The highest BCUT2D eigenvalue weighted by molar-refractivity contribution is 5.97. The maximum Gasteiger partial charge on any atom is 0.233 e. The van der Waals surface area contributed by atoms with Crippen LogP contribution in [0.2, 0.25) is 0 Å². The van der Waals surface area contributed by atoms with Crippen LogP contribution in [0.3, 0.4) is 0 Å². The minimum atomic E-state index is -0.457. The SMILES string of the molecule is O=C(N1CCN(c2ncccn2)CC1)C1(c2c[nH]c3cc(F)ccc23)CC1. The fraction of sp³-hybridized carbons (Fsp3) is 0.350. The molecule has 5 rings (SSSR count). The lowest BCUT2D eigenvalue weighted by Crippen LogP contribution is -2.52. The molecule has 0 bridgehead atoms. The van der Waals surface area contributed by atoms with Gasteiger partial charge in [-0.1, -0.05) is 0 Å². The summed E-state index contributed by atoms with van der Waals surface area (Å²) in [6.45, 7) is 2.78. The number of H-pyrrole nitrogens is 1. The molecule has 1 saturated heterocycles. The van der Waals surface area contributed by atoms with Gasteiger partial charge in [0, 0.05) is 55.7 Å². The summed E-state index contributed by atoms with van der Waals surface area (Å²) in [7, 11) is 0. The van der Waals surface area contributed by atoms with E-state index in [-0.39, 0.29) is 11.7 Å². The molecule has 0 atom stereocenters. The van der Waals surface area contributed by atoms with Gasteiger partial charge in [0.25, 0.3) is 0 Å². The molecular formula is C20H20FN5O. The maximum atomic E-state index is 13.5. The summed E-state index contributed by atoms with van der Waals surface area (Å²) in [4.78, 5) is 29.1. The van der Waals surface area contributed by atoms with Crippen molar-refractivity contribution in [1.82, 2.24) is 19.9 Å². The first-order chi connectivity index (χ1) is 13.2. The molecule has 0 spiro atoms. The van der Waals surface area contributed by atoms with Crippen molar-refractivity contribution in [2.45, 2.75) is 18.3 Å². The lowest BCUT2D eigenvalue weighted by Gasteiger charge is -2.36. The van der Waals surface area contributed by atoms with Gasteiger partial charge in [-0.3, -0.25) is 4.79 Å². The predicted molar refractivity (Wildman–Crippen MR) is 100.0 cm³/mol. The highest BCUT2D eigenvalue weighted by Gasteiger charge is 2.54. The second kappa shape index (κ2) is 6.04. The number of hydrogen-bond donors (Lipinski definition) is 1. The number of carbonyl (C=O) groups excluding carboxylic acids is 1. The van der Waals surface area contributed by atoms with E-state index in [1.165, 1.54) is 12.1 Å². The van der Waals surface area contributed by atoms with Crippen LogP contribution in [0.4, 0.5) is 10.3 Å². The highest BCUT2D eigenvalue weighted by atomic mass is 19.1. The fourth-order valence-corrected chi connectivity index (χ4v) is 4.08. The molecule has 2 fully saturated rings. The number of nitrogens with zero attached hydrogens (tertiary/aromatic N) is 4. The number of carbonyl (C=O) groups is 1. The van der Waals surface area contributed by atoms with Crippen molar-refractivity contribution >= 4 is 22.8 Å². The van der Waals surface area contributed by atoms with E-state index < -0.39 is 5.41 Å². The summed E-state index contributed by atoms with van der Waals surface area (Å²) < 4.78 is 13.5. The molecule has 2 aliphatic rings. The van der Waals surface area contributed by atoms with Crippen LogP contribution in [0.15, 0.2) is 42.9 Å². The Kier molecular flexibility index (Phi) is 3.63. The number of nitrogens with one attached hydrogen (secondary N) is 1. The third-order valence-electron chi connectivity index (χ3n) is 5.72. The summed E-state index contributed by atoms with van der Waals surface area (Å²) in [5, 5.41) is 0.943. The van der Waals surface area contributed by atoms with Gasteiger partial charge in [0.05, 0.1) is 5.41 Å². The number of aromatic nitrogens is 3. The molecule has 1 N–H and O–H groups in total. The van der Waals surface area contributed by atoms with Crippen molar-refractivity contribution in [3.8, 4) is 0 Å². The average molecular weight is 365 g/mol. The monoisotopic (exact) mass is 365 g/mol. The number of fused-ring (bicyclic) bond motifs is 1. The molecule has 1 aliphatic carbocycles. The Labute approximate surface area is 156 Å². The minimum Gasteiger partial charge on any atom is -0.361 e. The molecule has 1 aromatic carbocycles. The molecular weight excluding hydrogens is 345 g/mol. The molecule has 1 amide bonds. The molecule has 3 aromatic rings. The van der Waals surface area contributed by atoms with E-state index in [1.54, 1.807) is 24.5 Å². The molecule has 1 saturated carbocycles. The molecule has 7 heteroatoms. The number of hydrogen-bond acceptors (Lipinski definition) is 4. The van der Waals surface area contributed by atoms with Crippen LogP contribution >= 0.6 is 0 Å². The second-order valence-electron chi connectivity index (χ2n) is 7.30. The van der Waals surface area contributed by atoms with E-state index in [9.17, 15) is 9.18 Å². The van der Waals surface area contributed by atoms with Gasteiger partial charge in [-0.25, -0.2) is 14.4 Å². The smallest absolute Gasteiger partial charge is 0.233 e. The number of amides is 1. The van der Waals surface area contributed by atoms with E-state index in [1.807, 2.05) is 11.1 Å². The van der Waals surface area contributed by atoms with Gasteiger partial charge in [-0.2, -0.15) is 0 Å². The first-order valence-electron chi connectivity index (χ1n) is 9.26. The molecule has 1 aliphatic heterocycles. The first kappa shape index (κ1) is 16.2. The number of benzene rings is 1. The Morgan fingerprint density at radius 1 is 1.11 bits per heavy atom. The standard InChI is InChI=1S/C20H20FN5O/c21-14-2-3-15-16(13-24-17(15)12-14)20(4-5-20)18(27)25-8-10-26(11-9-25)19-22-6-1-7-23-19/h1-3,6-7,12-13,24H,4-5,8-11H2. The number of halogens is 1. The summed E-state index contributed by atoms with van der Waals surface area (Å²) in [6.07, 6.45) is 7.04. The van der Waals surface area contributed by atoms with Crippen molar-refractivity contribution in [1.29, 1.82) is 0 Å². The van der Waals surface area contributed by atoms with Crippen molar-refractivity contribution in [2.24, 2.45) is 0 Å². The zero-order valence-electron chi connectivity index (χ0n) is 14.9. The van der Waals surface area contributed by atoms with Crippen LogP contribution in [0.5, 0.6) is 0 Å². The third kappa shape index (κ3) is 2.65. The lowest BCUT2D eigenvalue weighted by atomic mass is 9.93. The van der Waals surface area contributed by atoms with Gasteiger partial charge in [0.2, 0.25) is 11.9 Å². The van der Waals surface area contributed by atoms with Crippen LogP contribution in [0.25, 0.3) is 10.9 Å². The maximum absolute atomic E-state index is 13.5. The molecule has 2 aromatic heterocycles. The highest BCUT2D eigenvalue weighted by Crippen LogP contribution is 2.51. The molecule has 0 radical (unpaired) electrons. The van der Waals surface area contributed by atoms with Gasteiger partial charge >= 0.3 is 0 Å². The van der Waals surface area contributed by atoms with E-state index in [0.29, 0.717) is 19.0 Å². The summed E-state index contributed by atoms with van der Waals surface area (Å²) in [6, 6.07) is 6.51. The van der Waals surface area contributed by atoms with E-state index in [0.717, 1.165) is 42.4 Å². The first-order valence-corrected chi connectivity index (χ1v) is 9.26. The Hall–Kier alpha value is -2.96. The molecule has 6 nitrogen and oxygen atoms in total. The quantitative estimate of drug-likeness (QED) is 0.774. The fourth-order valence-electron chi connectivity index (χ4n) is 4.08. The average Bonchev–Trinajstić information content (AvgIpc) is 3.41. The molecule has 3 heterocycles. The van der Waals surface area contributed by atoms with Gasteiger partial charge in [0.15, 0.2) is 0 Å². The predicted octanol–water partition coefficient (Wildman–Crippen LogP) is 2.48. The molecule has 27 heavy (non-hydrogen) atoms. The van der Waals surface area contributed by atoms with Gasteiger partial charge in [0.1, 0.15) is 5.82 Å². The van der Waals surface area contributed by atoms with Crippen molar-refractivity contribution in [2.75, 3.05) is 31.1 Å². The van der Waals surface area contributed by atoms with Crippen LogP contribution in [-0.4, -0.2) is 51.9 Å². The molecule has 0 unspecified atom stereocenters. The molecule has 138 valence electrons. The van der Waals surface area contributed by atoms with Gasteiger partial charge < -0.3 is 14.8 Å². The lowest BCUT2D eigenvalue weighted by molar-refractivity contribution is -0.134. The Morgan fingerprint density at radius 2 is 1.85 bits per heavy atom. The minimum absolute atomic E-state index is 0.182. The Bertz CT molecular complexity index is 990. The second-order valence-corrected chi connectivity index (χ2v) is 7.30. The number of rotatable bonds is 3. The summed E-state index contributed by atoms with van der Waals surface area (Å²) in [5.41, 5.74) is 1.29. The van der Waals surface area contributed by atoms with E-state index in [2.05, 4.69) is 19.9 Å². The Balaban J connectivity index is 1.35. The van der Waals surface area contributed by atoms with E-state index >= 15 is 0 Å². The number of anilines is 1. The number of piperazine rings is 1. The third-order valence-corrected chi connectivity index (χ3v) is 5.72.